The second kappa shape index (κ2) is 9.27. The topological polar surface area (TPSA) is 67.4 Å². The average molecular weight is 402 g/mol. The number of benzene rings is 3. The van der Waals surface area contributed by atoms with Crippen LogP contribution in [-0.2, 0) is 4.79 Å². The number of amides is 2. The van der Waals surface area contributed by atoms with Crippen molar-refractivity contribution in [1.82, 2.24) is 0 Å². The summed E-state index contributed by atoms with van der Waals surface area (Å²) in [6.07, 6.45) is 0. The van der Waals surface area contributed by atoms with Crippen LogP contribution in [0.3, 0.4) is 0 Å². The van der Waals surface area contributed by atoms with E-state index < -0.39 is 0 Å². The lowest BCUT2D eigenvalue weighted by Crippen LogP contribution is -2.22. The third kappa shape index (κ3) is 5.26. The van der Waals surface area contributed by atoms with Crippen LogP contribution in [0.5, 0.6) is 5.75 Å². The van der Waals surface area contributed by atoms with Gasteiger partial charge in [-0.15, -0.1) is 0 Å². The number of nitrogens with one attached hydrogen (secondary N) is 2. The minimum atomic E-state index is -0.334. The van der Waals surface area contributed by atoms with Gasteiger partial charge in [0.05, 0.1) is 11.3 Å². The largest absolute Gasteiger partial charge is 0.484 e. The fraction of sp³-hybridized carbons (Fsp3) is 0.200. The number of carbonyl (C=O) groups excluding carboxylic acids is 2. The summed E-state index contributed by atoms with van der Waals surface area (Å²) >= 11 is 0. The van der Waals surface area contributed by atoms with Crippen molar-refractivity contribution in [2.45, 2.75) is 27.7 Å². The minimum Gasteiger partial charge on any atom is -0.484 e. The maximum absolute atomic E-state index is 12.8. The maximum Gasteiger partial charge on any atom is 0.262 e. The number of rotatable bonds is 6. The Labute approximate surface area is 177 Å². The van der Waals surface area contributed by atoms with Crippen LogP contribution in [0.25, 0.3) is 0 Å². The third-order valence-electron chi connectivity index (χ3n) is 5.06. The number of hydrogen-bond donors (Lipinski definition) is 2. The van der Waals surface area contributed by atoms with E-state index in [1.807, 2.05) is 64.1 Å². The Balaban J connectivity index is 1.66. The summed E-state index contributed by atoms with van der Waals surface area (Å²) in [6.45, 7) is 7.88. The minimum absolute atomic E-state index is 0.143. The van der Waals surface area contributed by atoms with Crippen LogP contribution >= 0.6 is 0 Å². The Bertz CT molecular complexity index is 1090. The molecule has 0 saturated heterocycles. The van der Waals surface area contributed by atoms with Crippen LogP contribution in [0.4, 0.5) is 11.4 Å². The smallest absolute Gasteiger partial charge is 0.262 e. The lowest BCUT2D eigenvalue weighted by atomic mass is 10.1. The molecule has 0 aliphatic heterocycles. The molecular formula is C25H26N2O3. The number of hydrogen-bond acceptors (Lipinski definition) is 3. The molecule has 154 valence electrons. The quantitative estimate of drug-likeness (QED) is 0.596. The van der Waals surface area contributed by atoms with Crippen molar-refractivity contribution in [2.75, 3.05) is 17.2 Å². The summed E-state index contributed by atoms with van der Waals surface area (Å²) in [5.41, 5.74) is 6.05. The first kappa shape index (κ1) is 21.1. The van der Waals surface area contributed by atoms with Gasteiger partial charge in [0.25, 0.3) is 11.8 Å². The fourth-order valence-corrected chi connectivity index (χ4v) is 2.95. The van der Waals surface area contributed by atoms with Gasteiger partial charge in [0.15, 0.2) is 6.61 Å². The number of ether oxygens (including phenoxy) is 1. The maximum atomic E-state index is 12.8. The van der Waals surface area contributed by atoms with E-state index in [0.29, 0.717) is 22.7 Å². The van der Waals surface area contributed by atoms with Gasteiger partial charge < -0.3 is 15.4 Å². The third-order valence-corrected chi connectivity index (χ3v) is 5.06. The fourth-order valence-electron chi connectivity index (χ4n) is 2.95. The van der Waals surface area contributed by atoms with E-state index in [-0.39, 0.29) is 18.4 Å². The second-order valence-corrected chi connectivity index (χ2v) is 7.38. The lowest BCUT2D eigenvalue weighted by Gasteiger charge is -2.13. The van der Waals surface area contributed by atoms with Crippen LogP contribution in [0.15, 0.2) is 60.7 Å². The Hall–Kier alpha value is -3.60. The van der Waals surface area contributed by atoms with E-state index in [0.717, 1.165) is 22.3 Å². The van der Waals surface area contributed by atoms with E-state index in [4.69, 9.17) is 4.74 Å². The van der Waals surface area contributed by atoms with Gasteiger partial charge in [-0.1, -0.05) is 24.3 Å². The first-order valence-electron chi connectivity index (χ1n) is 9.81. The highest BCUT2D eigenvalue weighted by atomic mass is 16.5. The molecule has 3 aromatic carbocycles. The molecule has 0 aliphatic carbocycles. The van der Waals surface area contributed by atoms with Crippen molar-refractivity contribution in [3.05, 3.63) is 88.5 Å². The van der Waals surface area contributed by atoms with Crippen molar-refractivity contribution >= 4 is 23.2 Å². The molecule has 0 aliphatic rings. The lowest BCUT2D eigenvalue weighted by molar-refractivity contribution is -0.118. The first-order chi connectivity index (χ1) is 14.3. The van der Waals surface area contributed by atoms with Gasteiger partial charge in [-0.25, -0.2) is 0 Å². The highest BCUT2D eigenvalue weighted by Crippen LogP contribution is 2.20. The van der Waals surface area contributed by atoms with Crippen LogP contribution in [-0.4, -0.2) is 18.4 Å². The van der Waals surface area contributed by atoms with Gasteiger partial charge in [-0.3, -0.25) is 9.59 Å². The Morgan fingerprint density at radius 1 is 0.767 bits per heavy atom. The number of aryl methyl sites for hydroxylation is 4. The van der Waals surface area contributed by atoms with E-state index in [1.54, 1.807) is 24.3 Å². The molecule has 5 nitrogen and oxygen atoms in total. The van der Waals surface area contributed by atoms with Crippen molar-refractivity contribution in [3.63, 3.8) is 0 Å². The van der Waals surface area contributed by atoms with Crippen LogP contribution in [0.2, 0.25) is 0 Å². The predicted molar refractivity (Wildman–Crippen MR) is 120 cm³/mol. The molecule has 0 radical (unpaired) electrons. The standard InChI is InChI=1S/C25H26N2O3/c1-16-9-11-20(13-18(16)3)26-25(29)22-7-5-6-8-23(22)27-24(28)15-30-21-12-10-17(2)19(4)14-21/h5-14H,15H2,1-4H3,(H,26,29)(H,27,28). The molecule has 0 atom stereocenters. The molecule has 0 heterocycles. The van der Waals surface area contributed by atoms with Gasteiger partial charge in [0.2, 0.25) is 0 Å². The van der Waals surface area contributed by atoms with E-state index in [9.17, 15) is 9.59 Å². The zero-order valence-electron chi connectivity index (χ0n) is 17.7. The summed E-state index contributed by atoms with van der Waals surface area (Å²) in [4.78, 5) is 25.2. The molecule has 3 aromatic rings. The molecule has 3 rings (SSSR count). The Morgan fingerprint density at radius 3 is 2.13 bits per heavy atom. The molecule has 0 spiro atoms. The molecule has 5 heteroatoms. The number of anilines is 2. The predicted octanol–water partition coefficient (Wildman–Crippen LogP) is 5.19. The molecule has 0 fully saturated rings. The molecule has 2 N–H and O–H groups in total. The highest BCUT2D eigenvalue weighted by Gasteiger charge is 2.14. The van der Waals surface area contributed by atoms with Crippen LogP contribution in [0.1, 0.15) is 32.6 Å². The van der Waals surface area contributed by atoms with Crippen molar-refractivity contribution in [1.29, 1.82) is 0 Å². The summed E-state index contributed by atoms with van der Waals surface area (Å²) in [6, 6.07) is 18.3. The van der Waals surface area contributed by atoms with Crippen LogP contribution in [0, 0.1) is 27.7 Å². The molecule has 30 heavy (non-hydrogen) atoms. The summed E-state index contributed by atoms with van der Waals surface area (Å²) in [5, 5.41) is 5.66. The van der Waals surface area contributed by atoms with Gasteiger partial charge in [-0.2, -0.15) is 0 Å². The summed E-state index contributed by atoms with van der Waals surface area (Å²) < 4.78 is 5.58. The first-order valence-corrected chi connectivity index (χ1v) is 9.81. The molecular weight excluding hydrogens is 376 g/mol. The summed E-state index contributed by atoms with van der Waals surface area (Å²) in [7, 11) is 0. The SMILES string of the molecule is Cc1ccc(NC(=O)c2ccccc2NC(=O)COc2ccc(C)c(C)c2)cc1C. The monoisotopic (exact) mass is 402 g/mol. The van der Waals surface area contributed by atoms with Crippen molar-refractivity contribution in [3.8, 4) is 5.75 Å². The molecule has 2 amide bonds. The molecule has 0 saturated carbocycles. The molecule has 0 aromatic heterocycles. The molecule has 0 unspecified atom stereocenters. The van der Waals surface area contributed by atoms with E-state index >= 15 is 0 Å². The zero-order chi connectivity index (χ0) is 21.7. The van der Waals surface area contributed by atoms with Gasteiger partial charge in [0.1, 0.15) is 5.75 Å². The average Bonchev–Trinajstić information content (AvgIpc) is 2.72. The number of para-hydroxylation sites is 1. The highest BCUT2D eigenvalue weighted by molar-refractivity contribution is 6.10. The Morgan fingerprint density at radius 2 is 1.43 bits per heavy atom. The van der Waals surface area contributed by atoms with Gasteiger partial charge in [0, 0.05) is 5.69 Å². The Kier molecular flexibility index (Phi) is 6.52. The zero-order valence-corrected chi connectivity index (χ0v) is 17.7. The number of carbonyl (C=O) groups is 2. The van der Waals surface area contributed by atoms with Gasteiger partial charge >= 0.3 is 0 Å². The normalized spacial score (nSPS) is 10.4. The van der Waals surface area contributed by atoms with Crippen molar-refractivity contribution < 1.29 is 14.3 Å². The summed E-state index contributed by atoms with van der Waals surface area (Å²) in [5.74, 6) is 0.0120. The second-order valence-electron chi connectivity index (χ2n) is 7.38. The van der Waals surface area contributed by atoms with Crippen LogP contribution < -0.4 is 15.4 Å². The van der Waals surface area contributed by atoms with E-state index in [1.165, 1.54) is 0 Å². The van der Waals surface area contributed by atoms with E-state index in [2.05, 4.69) is 10.6 Å². The molecule has 0 bridgehead atoms. The van der Waals surface area contributed by atoms with Crippen molar-refractivity contribution in [2.24, 2.45) is 0 Å². The van der Waals surface area contributed by atoms with Gasteiger partial charge in [-0.05, 0) is 86.3 Å².